The lowest BCUT2D eigenvalue weighted by Crippen LogP contribution is -2.24. The van der Waals surface area contributed by atoms with Crippen LogP contribution in [0.2, 0.25) is 0 Å². The molecular weight excluding hydrogens is 190 g/mol. The Morgan fingerprint density at radius 3 is 2.73 bits per heavy atom. The fourth-order valence-electron chi connectivity index (χ4n) is 1.48. The monoisotopic (exact) mass is 211 g/mol. The van der Waals surface area contributed by atoms with Crippen molar-refractivity contribution in [2.24, 2.45) is 0 Å². The van der Waals surface area contributed by atoms with Crippen LogP contribution in [0, 0.1) is 6.92 Å². The van der Waals surface area contributed by atoms with Gasteiger partial charge in [-0.3, -0.25) is 5.10 Å². The molecule has 15 heavy (non-hydrogen) atoms. The molecule has 0 fully saturated rings. The molecule has 1 aromatic heterocycles. The number of aryl methyl sites for hydroxylation is 1. The average Bonchev–Trinajstić information content (AvgIpc) is 2.58. The molecule has 0 saturated heterocycles. The van der Waals surface area contributed by atoms with Crippen molar-refractivity contribution in [2.75, 3.05) is 13.2 Å². The number of rotatable bonds is 6. The molecule has 1 aromatic rings. The number of hydrogen-bond acceptors (Lipinski definition) is 3. The number of nitrogens with one attached hydrogen (secondary N) is 2. The SMILES string of the molecule is Cc1[nH]ncc1C(C)NCCOC(C)C. The second-order valence-corrected chi connectivity index (χ2v) is 4.05. The molecule has 4 heteroatoms. The number of hydrogen-bond donors (Lipinski definition) is 2. The lowest BCUT2D eigenvalue weighted by molar-refractivity contribution is 0.0796. The molecule has 0 bridgehead atoms. The van der Waals surface area contributed by atoms with E-state index in [4.69, 9.17) is 4.74 Å². The van der Waals surface area contributed by atoms with E-state index in [1.807, 2.05) is 27.0 Å². The van der Waals surface area contributed by atoms with E-state index in [0.29, 0.717) is 12.1 Å². The Morgan fingerprint density at radius 2 is 2.20 bits per heavy atom. The Kier molecular flexibility index (Phi) is 4.78. The van der Waals surface area contributed by atoms with Gasteiger partial charge in [0, 0.05) is 23.8 Å². The molecule has 0 aliphatic rings. The van der Waals surface area contributed by atoms with E-state index < -0.39 is 0 Å². The fraction of sp³-hybridized carbons (Fsp3) is 0.727. The molecule has 0 saturated carbocycles. The van der Waals surface area contributed by atoms with Crippen molar-refractivity contribution in [3.63, 3.8) is 0 Å². The summed E-state index contributed by atoms with van der Waals surface area (Å²) in [6.45, 7) is 9.87. The zero-order valence-corrected chi connectivity index (χ0v) is 10.0. The van der Waals surface area contributed by atoms with Gasteiger partial charge in [0.25, 0.3) is 0 Å². The first-order valence-electron chi connectivity index (χ1n) is 5.46. The van der Waals surface area contributed by atoms with Crippen molar-refractivity contribution >= 4 is 0 Å². The van der Waals surface area contributed by atoms with Crippen molar-refractivity contribution in [2.45, 2.75) is 39.8 Å². The normalized spacial score (nSPS) is 13.4. The van der Waals surface area contributed by atoms with E-state index in [1.54, 1.807) is 0 Å². The molecule has 0 aliphatic heterocycles. The minimum atomic E-state index is 0.303. The maximum absolute atomic E-state index is 5.45. The summed E-state index contributed by atoms with van der Waals surface area (Å²) >= 11 is 0. The average molecular weight is 211 g/mol. The molecule has 86 valence electrons. The number of nitrogens with zero attached hydrogens (tertiary/aromatic N) is 1. The number of ether oxygens (including phenoxy) is 1. The van der Waals surface area contributed by atoms with Crippen molar-refractivity contribution in [3.8, 4) is 0 Å². The van der Waals surface area contributed by atoms with Gasteiger partial charge in [-0.25, -0.2) is 0 Å². The topological polar surface area (TPSA) is 49.9 Å². The summed E-state index contributed by atoms with van der Waals surface area (Å²) in [4.78, 5) is 0. The third kappa shape index (κ3) is 4.01. The predicted octanol–water partition coefficient (Wildman–Crippen LogP) is 1.79. The Bertz CT molecular complexity index is 283. The Balaban J connectivity index is 2.25. The second kappa shape index (κ2) is 5.88. The summed E-state index contributed by atoms with van der Waals surface area (Å²) in [6.07, 6.45) is 2.17. The zero-order valence-electron chi connectivity index (χ0n) is 10.0. The number of aromatic amines is 1. The van der Waals surface area contributed by atoms with Crippen LogP contribution < -0.4 is 5.32 Å². The van der Waals surface area contributed by atoms with Gasteiger partial charge in [-0.15, -0.1) is 0 Å². The highest BCUT2D eigenvalue weighted by molar-refractivity contribution is 5.18. The van der Waals surface area contributed by atoms with Gasteiger partial charge in [0.2, 0.25) is 0 Å². The van der Waals surface area contributed by atoms with Crippen LogP contribution in [0.5, 0.6) is 0 Å². The Labute approximate surface area is 91.4 Å². The van der Waals surface area contributed by atoms with Crippen LogP contribution in [-0.2, 0) is 4.74 Å². The first kappa shape index (κ1) is 12.2. The highest BCUT2D eigenvalue weighted by atomic mass is 16.5. The summed E-state index contributed by atoms with van der Waals surface area (Å²) < 4.78 is 5.45. The van der Waals surface area contributed by atoms with Gasteiger partial charge in [-0.1, -0.05) is 0 Å². The van der Waals surface area contributed by atoms with Crippen molar-refractivity contribution < 1.29 is 4.74 Å². The Hall–Kier alpha value is -0.870. The van der Waals surface area contributed by atoms with Crippen LogP contribution in [0.4, 0.5) is 0 Å². The quantitative estimate of drug-likeness (QED) is 0.705. The van der Waals surface area contributed by atoms with Crippen molar-refractivity contribution in [1.82, 2.24) is 15.5 Å². The van der Waals surface area contributed by atoms with Crippen LogP contribution in [0.25, 0.3) is 0 Å². The van der Waals surface area contributed by atoms with Crippen LogP contribution in [0.15, 0.2) is 6.20 Å². The summed E-state index contributed by atoms with van der Waals surface area (Å²) in [5.41, 5.74) is 2.35. The van der Waals surface area contributed by atoms with E-state index in [9.17, 15) is 0 Å². The predicted molar refractivity (Wildman–Crippen MR) is 60.8 cm³/mol. The molecule has 4 nitrogen and oxygen atoms in total. The first-order chi connectivity index (χ1) is 7.11. The number of H-pyrrole nitrogens is 1. The third-order valence-electron chi connectivity index (χ3n) is 2.34. The molecular formula is C11H21N3O. The maximum Gasteiger partial charge on any atom is 0.0594 e. The van der Waals surface area contributed by atoms with E-state index >= 15 is 0 Å². The van der Waals surface area contributed by atoms with Gasteiger partial charge in [0.05, 0.1) is 18.9 Å². The summed E-state index contributed by atoms with van der Waals surface area (Å²) in [6, 6.07) is 0.319. The van der Waals surface area contributed by atoms with Crippen LogP contribution >= 0.6 is 0 Å². The standard InChI is InChI=1S/C11H21N3O/c1-8(2)15-6-5-12-9(3)11-7-13-14-10(11)4/h7-9,12H,5-6H2,1-4H3,(H,13,14). The second-order valence-electron chi connectivity index (χ2n) is 4.05. The van der Waals surface area contributed by atoms with E-state index in [1.165, 1.54) is 5.56 Å². The minimum absolute atomic E-state index is 0.303. The fourth-order valence-corrected chi connectivity index (χ4v) is 1.48. The highest BCUT2D eigenvalue weighted by Crippen LogP contribution is 2.13. The van der Waals surface area contributed by atoms with Crippen molar-refractivity contribution in [1.29, 1.82) is 0 Å². The van der Waals surface area contributed by atoms with E-state index in [0.717, 1.165) is 18.8 Å². The molecule has 1 heterocycles. The molecule has 0 amide bonds. The third-order valence-corrected chi connectivity index (χ3v) is 2.34. The smallest absolute Gasteiger partial charge is 0.0594 e. The molecule has 1 atom stereocenters. The molecule has 0 radical (unpaired) electrons. The van der Waals surface area contributed by atoms with Gasteiger partial charge in [0.1, 0.15) is 0 Å². The zero-order chi connectivity index (χ0) is 11.3. The molecule has 1 unspecified atom stereocenters. The lowest BCUT2D eigenvalue weighted by Gasteiger charge is -2.14. The maximum atomic E-state index is 5.45. The van der Waals surface area contributed by atoms with Crippen LogP contribution in [0.3, 0.4) is 0 Å². The molecule has 0 aromatic carbocycles. The molecule has 0 aliphatic carbocycles. The lowest BCUT2D eigenvalue weighted by atomic mass is 10.1. The largest absolute Gasteiger partial charge is 0.377 e. The number of aromatic nitrogens is 2. The van der Waals surface area contributed by atoms with Gasteiger partial charge in [-0.05, 0) is 27.7 Å². The molecule has 0 spiro atoms. The van der Waals surface area contributed by atoms with Gasteiger partial charge in [-0.2, -0.15) is 5.10 Å². The van der Waals surface area contributed by atoms with Gasteiger partial charge < -0.3 is 10.1 Å². The highest BCUT2D eigenvalue weighted by Gasteiger charge is 2.08. The minimum Gasteiger partial charge on any atom is -0.377 e. The Morgan fingerprint density at radius 1 is 1.47 bits per heavy atom. The summed E-state index contributed by atoms with van der Waals surface area (Å²) in [5, 5.41) is 10.3. The van der Waals surface area contributed by atoms with Crippen LogP contribution in [0.1, 0.15) is 38.1 Å². The van der Waals surface area contributed by atoms with E-state index in [2.05, 4.69) is 22.4 Å². The van der Waals surface area contributed by atoms with Crippen molar-refractivity contribution in [3.05, 3.63) is 17.5 Å². The van der Waals surface area contributed by atoms with Gasteiger partial charge >= 0.3 is 0 Å². The van der Waals surface area contributed by atoms with E-state index in [-0.39, 0.29) is 0 Å². The van der Waals surface area contributed by atoms with Crippen LogP contribution in [-0.4, -0.2) is 29.5 Å². The first-order valence-corrected chi connectivity index (χ1v) is 5.46. The molecule has 1 rings (SSSR count). The summed E-state index contributed by atoms with van der Waals surface area (Å²) in [7, 11) is 0. The van der Waals surface area contributed by atoms with Gasteiger partial charge in [0.15, 0.2) is 0 Å². The molecule has 2 N–H and O–H groups in total. The summed E-state index contributed by atoms with van der Waals surface area (Å²) in [5.74, 6) is 0.